The van der Waals surface area contributed by atoms with E-state index < -0.39 is 5.82 Å². The number of amides is 1. The van der Waals surface area contributed by atoms with Gasteiger partial charge in [0, 0.05) is 55.8 Å². The molecule has 0 aliphatic carbocycles. The Labute approximate surface area is 215 Å². The van der Waals surface area contributed by atoms with Gasteiger partial charge in [-0.3, -0.25) is 9.59 Å². The van der Waals surface area contributed by atoms with Crippen LogP contribution in [0.2, 0.25) is 0 Å². The lowest BCUT2D eigenvalue weighted by atomic mass is 10.0. The van der Waals surface area contributed by atoms with Gasteiger partial charge in [-0.2, -0.15) is 5.10 Å². The minimum absolute atomic E-state index is 0.0507. The van der Waals surface area contributed by atoms with Crippen LogP contribution in [-0.4, -0.2) is 53.3 Å². The third-order valence-corrected chi connectivity index (χ3v) is 7.14. The molecule has 1 aromatic carbocycles. The van der Waals surface area contributed by atoms with Crippen molar-refractivity contribution >= 4 is 17.3 Å². The second-order valence-electron chi connectivity index (χ2n) is 9.76. The number of hydrogen-bond donors (Lipinski definition) is 0. The molecule has 4 aromatic rings. The lowest BCUT2D eigenvalue weighted by molar-refractivity contribution is 0.0691. The Bertz CT molecular complexity index is 1470. The molecule has 192 valence electrons. The normalized spacial score (nSPS) is 16.2. The lowest BCUT2D eigenvalue weighted by Crippen LogP contribution is -2.38. The average Bonchev–Trinajstić information content (AvgIpc) is 3.44. The van der Waals surface area contributed by atoms with Crippen LogP contribution in [-0.2, 0) is 19.9 Å². The number of rotatable bonds is 6. The number of ketones is 1. The van der Waals surface area contributed by atoms with E-state index in [1.807, 2.05) is 11.8 Å². The monoisotopic (exact) mass is 502 g/mol. The van der Waals surface area contributed by atoms with Gasteiger partial charge in [-0.15, -0.1) is 0 Å². The highest BCUT2D eigenvalue weighted by molar-refractivity contribution is 5.94. The molecular weight excluding hydrogens is 471 g/mol. The van der Waals surface area contributed by atoms with Crippen LogP contribution in [0.4, 0.5) is 4.39 Å². The van der Waals surface area contributed by atoms with Crippen molar-refractivity contribution in [3.05, 3.63) is 71.3 Å². The summed E-state index contributed by atoms with van der Waals surface area (Å²) in [7, 11) is 1.75. The van der Waals surface area contributed by atoms with E-state index in [4.69, 9.17) is 0 Å². The molecule has 9 heteroatoms. The summed E-state index contributed by atoms with van der Waals surface area (Å²) in [5, 5.41) is 4.61. The minimum Gasteiger partial charge on any atom is -0.335 e. The Hall–Kier alpha value is -3.88. The molecule has 0 spiro atoms. The van der Waals surface area contributed by atoms with Gasteiger partial charge < -0.3 is 9.47 Å². The summed E-state index contributed by atoms with van der Waals surface area (Å²) < 4.78 is 18.5. The van der Waals surface area contributed by atoms with Gasteiger partial charge in [0.1, 0.15) is 11.5 Å². The van der Waals surface area contributed by atoms with Gasteiger partial charge in [-0.05, 0) is 49.9 Å². The zero-order valence-electron chi connectivity index (χ0n) is 21.4. The SMILES string of the molecule is CCc1cc(C(=O)N2CCCCCC2C)nc2cc(-c3ccc(CC(=O)c4nccn4C)cc3F)nn12. The highest BCUT2D eigenvalue weighted by atomic mass is 19.1. The summed E-state index contributed by atoms with van der Waals surface area (Å²) in [5.41, 5.74) is 3.04. The largest absolute Gasteiger partial charge is 0.335 e. The van der Waals surface area contributed by atoms with Crippen molar-refractivity contribution in [2.45, 2.75) is 58.4 Å². The van der Waals surface area contributed by atoms with E-state index >= 15 is 4.39 Å². The summed E-state index contributed by atoms with van der Waals surface area (Å²) in [6.07, 6.45) is 8.21. The molecule has 1 amide bonds. The molecule has 1 atom stereocenters. The highest BCUT2D eigenvalue weighted by Crippen LogP contribution is 2.26. The number of benzene rings is 1. The van der Waals surface area contributed by atoms with Gasteiger partial charge in [0.25, 0.3) is 5.91 Å². The van der Waals surface area contributed by atoms with E-state index in [-0.39, 0.29) is 24.2 Å². The maximum absolute atomic E-state index is 15.2. The first-order valence-electron chi connectivity index (χ1n) is 12.9. The molecule has 1 aliphatic rings. The van der Waals surface area contributed by atoms with Crippen LogP contribution in [0.3, 0.4) is 0 Å². The molecule has 37 heavy (non-hydrogen) atoms. The second kappa shape index (κ2) is 10.2. The lowest BCUT2D eigenvalue weighted by Gasteiger charge is -2.27. The van der Waals surface area contributed by atoms with E-state index in [0.717, 1.165) is 37.9 Å². The molecule has 0 N–H and O–H groups in total. The fourth-order valence-corrected chi connectivity index (χ4v) is 5.03. The van der Waals surface area contributed by atoms with Crippen LogP contribution < -0.4 is 0 Å². The standard InChI is InChI=1S/C28H31FN6O2/c1-4-20-16-24(28(37)34-12-7-5-6-8-18(34)2)31-26-17-23(32-35(20)26)21-10-9-19(14-22(21)29)15-25(36)27-30-11-13-33(27)3/h9-11,13-14,16-18H,4-8,12,15H2,1-3H3. The molecule has 0 radical (unpaired) electrons. The first-order chi connectivity index (χ1) is 17.9. The maximum atomic E-state index is 15.2. The van der Waals surface area contributed by atoms with Crippen LogP contribution >= 0.6 is 0 Å². The number of likely N-dealkylation sites (tertiary alicyclic amines) is 1. The zero-order chi connectivity index (χ0) is 26.1. The van der Waals surface area contributed by atoms with Crippen molar-refractivity contribution in [3.63, 3.8) is 0 Å². The molecule has 5 rings (SSSR count). The molecule has 1 fully saturated rings. The number of carbonyl (C=O) groups is 2. The van der Waals surface area contributed by atoms with Gasteiger partial charge in [0.05, 0.1) is 5.69 Å². The number of imidazole rings is 1. The predicted molar refractivity (Wildman–Crippen MR) is 138 cm³/mol. The number of hydrogen-bond acceptors (Lipinski definition) is 5. The van der Waals surface area contributed by atoms with Crippen LogP contribution in [0.25, 0.3) is 16.9 Å². The number of carbonyl (C=O) groups excluding carboxylic acids is 2. The van der Waals surface area contributed by atoms with Crippen LogP contribution in [0.15, 0.2) is 42.7 Å². The maximum Gasteiger partial charge on any atom is 0.272 e. The molecule has 1 aliphatic heterocycles. The Morgan fingerprint density at radius 2 is 1.97 bits per heavy atom. The fraction of sp³-hybridized carbons (Fsp3) is 0.393. The van der Waals surface area contributed by atoms with E-state index in [1.54, 1.807) is 52.8 Å². The quantitative estimate of drug-likeness (QED) is 0.358. The Kier molecular flexibility index (Phi) is 6.86. The number of aryl methyl sites for hydroxylation is 2. The molecule has 3 aromatic heterocycles. The number of fused-ring (bicyclic) bond motifs is 1. The summed E-state index contributed by atoms with van der Waals surface area (Å²) in [4.78, 5) is 36.5. The summed E-state index contributed by atoms with van der Waals surface area (Å²) in [6, 6.07) is 8.41. The van der Waals surface area contributed by atoms with Crippen molar-refractivity contribution in [1.82, 2.24) is 29.0 Å². The summed E-state index contributed by atoms with van der Waals surface area (Å²) in [6.45, 7) is 4.82. The average molecular weight is 503 g/mol. The highest BCUT2D eigenvalue weighted by Gasteiger charge is 2.25. The van der Waals surface area contributed by atoms with Crippen LogP contribution in [0.1, 0.15) is 71.9 Å². The summed E-state index contributed by atoms with van der Waals surface area (Å²) >= 11 is 0. The van der Waals surface area contributed by atoms with E-state index in [9.17, 15) is 9.59 Å². The van der Waals surface area contributed by atoms with Crippen molar-refractivity contribution < 1.29 is 14.0 Å². The number of halogens is 1. The molecule has 1 unspecified atom stereocenters. The smallest absolute Gasteiger partial charge is 0.272 e. The first-order valence-corrected chi connectivity index (χ1v) is 12.9. The van der Waals surface area contributed by atoms with Crippen LogP contribution in [0.5, 0.6) is 0 Å². The molecule has 1 saturated heterocycles. The van der Waals surface area contributed by atoms with Gasteiger partial charge in [-0.25, -0.2) is 18.9 Å². The van der Waals surface area contributed by atoms with Crippen molar-refractivity contribution in [2.24, 2.45) is 7.05 Å². The predicted octanol–water partition coefficient (Wildman–Crippen LogP) is 4.66. The second-order valence-corrected chi connectivity index (χ2v) is 9.76. The van der Waals surface area contributed by atoms with Crippen molar-refractivity contribution in [1.29, 1.82) is 0 Å². The Morgan fingerprint density at radius 3 is 2.70 bits per heavy atom. The van der Waals surface area contributed by atoms with Crippen LogP contribution in [0, 0.1) is 5.82 Å². The third-order valence-electron chi connectivity index (χ3n) is 7.14. The summed E-state index contributed by atoms with van der Waals surface area (Å²) in [5.74, 6) is -0.383. The molecular formula is C28H31FN6O2. The van der Waals surface area contributed by atoms with E-state index in [2.05, 4.69) is 22.0 Å². The van der Waals surface area contributed by atoms with Gasteiger partial charge >= 0.3 is 0 Å². The molecule has 8 nitrogen and oxygen atoms in total. The third kappa shape index (κ3) is 4.90. The topological polar surface area (TPSA) is 85.4 Å². The Morgan fingerprint density at radius 1 is 1.14 bits per heavy atom. The Balaban J connectivity index is 1.44. The number of Topliss-reactive ketones (excluding diaryl/α,β-unsaturated/α-hetero) is 1. The minimum atomic E-state index is -0.471. The zero-order valence-corrected chi connectivity index (χ0v) is 21.4. The first kappa shape index (κ1) is 24.8. The number of aromatic nitrogens is 5. The molecule has 0 bridgehead atoms. The van der Waals surface area contributed by atoms with Gasteiger partial charge in [0.15, 0.2) is 11.5 Å². The van der Waals surface area contributed by atoms with Crippen molar-refractivity contribution in [3.8, 4) is 11.3 Å². The van der Waals surface area contributed by atoms with Gasteiger partial charge in [-0.1, -0.05) is 25.8 Å². The molecule has 4 heterocycles. The van der Waals surface area contributed by atoms with E-state index in [1.165, 1.54) is 6.07 Å². The molecule has 0 saturated carbocycles. The van der Waals surface area contributed by atoms with Crippen molar-refractivity contribution in [2.75, 3.05) is 6.54 Å². The fourth-order valence-electron chi connectivity index (χ4n) is 5.03. The number of nitrogens with zero attached hydrogens (tertiary/aromatic N) is 6. The van der Waals surface area contributed by atoms with E-state index in [0.29, 0.717) is 40.4 Å². The van der Waals surface area contributed by atoms with Gasteiger partial charge in [0.2, 0.25) is 5.78 Å².